The lowest BCUT2D eigenvalue weighted by molar-refractivity contribution is -0.123. The van der Waals surface area contributed by atoms with Crippen LogP contribution in [-0.2, 0) is 9.59 Å². The van der Waals surface area contributed by atoms with E-state index in [9.17, 15) is 14.4 Å². The number of rotatable bonds is 10. The molecular formula is C21H25N3O5. The van der Waals surface area contributed by atoms with Gasteiger partial charge in [-0.05, 0) is 62.4 Å². The van der Waals surface area contributed by atoms with Crippen LogP contribution in [0.4, 0.5) is 5.69 Å². The summed E-state index contributed by atoms with van der Waals surface area (Å²) in [5.41, 5.74) is 0.991. The number of hydrogen-bond acceptors (Lipinski definition) is 5. The summed E-state index contributed by atoms with van der Waals surface area (Å²) in [5.74, 6) is 0.281. The van der Waals surface area contributed by atoms with Crippen LogP contribution < -0.4 is 25.4 Å². The molecule has 0 aliphatic rings. The molecule has 0 saturated heterocycles. The van der Waals surface area contributed by atoms with Gasteiger partial charge in [-0.15, -0.1) is 0 Å². The molecule has 2 aromatic rings. The fourth-order valence-electron chi connectivity index (χ4n) is 2.37. The minimum Gasteiger partial charge on any atom is -0.494 e. The molecule has 8 heteroatoms. The van der Waals surface area contributed by atoms with Gasteiger partial charge in [0.15, 0.2) is 6.61 Å². The first kappa shape index (κ1) is 21.7. The van der Waals surface area contributed by atoms with Crippen molar-refractivity contribution in [1.82, 2.24) is 10.6 Å². The van der Waals surface area contributed by atoms with Crippen molar-refractivity contribution in [3.63, 3.8) is 0 Å². The number of ether oxygens (including phenoxy) is 2. The highest BCUT2D eigenvalue weighted by atomic mass is 16.5. The molecule has 154 valence electrons. The van der Waals surface area contributed by atoms with Crippen LogP contribution in [0.5, 0.6) is 11.5 Å². The van der Waals surface area contributed by atoms with E-state index in [4.69, 9.17) is 9.47 Å². The maximum Gasteiger partial charge on any atom is 0.257 e. The Balaban J connectivity index is 1.77. The minimum atomic E-state index is -0.361. The van der Waals surface area contributed by atoms with E-state index in [2.05, 4.69) is 16.0 Å². The van der Waals surface area contributed by atoms with Gasteiger partial charge in [0.25, 0.3) is 11.8 Å². The molecule has 0 atom stereocenters. The molecule has 2 aromatic carbocycles. The Hall–Kier alpha value is -3.55. The summed E-state index contributed by atoms with van der Waals surface area (Å²) in [4.78, 5) is 35.5. The summed E-state index contributed by atoms with van der Waals surface area (Å²) in [6.07, 6.45) is 0. The van der Waals surface area contributed by atoms with Crippen molar-refractivity contribution in [3.8, 4) is 11.5 Å². The number of carbonyl (C=O) groups is 3. The molecule has 0 radical (unpaired) electrons. The van der Waals surface area contributed by atoms with Crippen LogP contribution in [0.2, 0.25) is 0 Å². The molecule has 3 N–H and O–H groups in total. The van der Waals surface area contributed by atoms with Crippen molar-refractivity contribution in [3.05, 3.63) is 54.1 Å². The second-order valence-corrected chi connectivity index (χ2v) is 5.95. The van der Waals surface area contributed by atoms with Gasteiger partial charge in [-0.25, -0.2) is 0 Å². The number of amides is 3. The van der Waals surface area contributed by atoms with Crippen LogP contribution >= 0.6 is 0 Å². The highest BCUT2D eigenvalue weighted by molar-refractivity contribution is 5.99. The second-order valence-electron chi connectivity index (χ2n) is 5.95. The van der Waals surface area contributed by atoms with E-state index >= 15 is 0 Å². The number of carbonyl (C=O) groups excluding carboxylic acids is 3. The number of nitrogens with one attached hydrogen (secondary N) is 3. The lowest BCUT2D eigenvalue weighted by atomic mass is 10.2. The first-order valence-electron chi connectivity index (χ1n) is 9.32. The van der Waals surface area contributed by atoms with E-state index in [1.807, 2.05) is 13.8 Å². The summed E-state index contributed by atoms with van der Waals surface area (Å²) in [7, 11) is 0. The number of benzene rings is 2. The summed E-state index contributed by atoms with van der Waals surface area (Å²) in [5, 5.41) is 7.88. The molecule has 0 saturated carbocycles. The van der Waals surface area contributed by atoms with Gasteiger partial charge >= 0.3 is 0 Å². The van der Waals surface area contributed by atoms with E-state index < -0.39 is 0 Å². The third-order valence-corrected chi connectivity index (χ3v) is 3.72. The predicted octanol–water partition coefficient (Wildman–Crippen LogP) is 1.97. The molecule has 2 rings (SSSR count). The van der Waals surface area contributed by atoms with Crippen LogP contribution in [0.3, 0.4) is 0 Å². The maximum atomic E-state index is 12.1. The Bertz CT molecular complexity index is 819. The van der Waals surface area contributed by atoms with Crippen molar-refractivity contribution < 1.29 is 23.9 Å². The maximum absolute atomic E-state index is 12.1. The normalized spacial score (nSPS) is 10.0. The summed E-state index contributed by atoms with van der Waals surface area (Å²) in [6.45, 7) is 4.57. The van der Waals surface area contributed by atoms with Crippen molar-refractivity contribution in [1.29, 1.82) is 0 Å². The van der Waals surface area contributed by atoms with Gasteiger partial charge < -0.3 is 25.4 Å². The Morgan fingerprint density at radius 2 is 1.41 bits per heavy atom. The largest absolute Gasteiger partial charge is 0.494 e. The molecule has 0 aromatic heterocycles. The summed E-state index contributed by atoms with van der Waals surface area (Å²) < 4.78 is 10.7. The molecule has 0 fully saturated rings. The highest BCUT2D eigenvalue weighted by Gasteiger charge is 2.09. The van der Waals surface area contributed by atoms with Gasteiger partial charge in [0.1, 0.15) is 11.5 Å². The first-order valence-corrected chi connectivity index (χ1v) is 9.32. The quantitative estimate of drug-likeness (QED) is 0.566. The smallest absolute Gasteiger partial charge is 0.257 e. The molecule has 0 heterocycles. The second kappa shape index (κ2) is 11.3. The van der Waals surface area contributed by atoms with E-state index in [0.717, 1.165) is 0 Å². The van der Waals surface area contributed by atoms with Crippen molar-refractivity contribution in [2.24, 2.45) is 0 Å². The molecule has 0 spiro atoms. The highest BCUT2D eigenvalue weighted by Crippen LogP contribution is 2.15. The molecule has 0 aliphatic heterocycles. The van der Waals surface area contributed by atoms with Crippen LogP contribution in [0.1, 0.15) is 24.2 Å². The zero-order valence-electron chi connectivity index (χ0n) is 16.5. The lowest BCUT2D eigenvalue weighted by Gasteiger charge is -2.09. The zero-order valence-corrected chi connectivity index (χ0v) is 16.5. The van der Waals surface area contributed by atoms with E-state index in [1.165, 1.54) is 0 Å². The predicted molar refractivity (Wildman–Crippen MR) is 109 cm³/mol. The average molecular weight is 399 g/mol. The first-order chi connectivity index (χ1) is 14.0. The van der Waals surface area contributed by atoms with Gasteiger partial charge in [-0.3, -0.25) is 14.4 Å². The van der Waals surface area contributed by atoms with E-state index in [-0.39, 0.29) is 30.9 Å². The third-order valence-electron chi connectivity index (χ3n) is 3.72. The summed E-state index contributed by atoms with van der Waals surface area (Å²) in [6, 6.07) is 13.3. The lowest BCUT2D eigenvalue weighted by Crippen LogP contribution is -2.32. The van der Waals surface area contributed by atoms with Crippen molar-refractivity contribution in [2.45, 2.75) is 13.8 Å². The molecule has 0 bridgehead atoms. The minimum absolute atomic E-state index is 0.0723. The van der Waals surface area contributed by atoms with Crippen molar-refractivity contribution in [2.75, 3.05) is 31.6 Å². The average Bonchev–Trinajstić information content (AvgIpc) is 2.72. The Labute approximate surface area is 169 Å². The molecule has 29 heavy (non-hydrogen) atoms. The monoisotopic (exact) mass is 399 g/mol. The molecule has 0 aliphatic carbocycles. The van der Waals surface area contributed by atoms with Crippen molar-refractivity contribution >= 4 is 23.4 Å². The molecule has 0 unspecified atom stereocenters. The molecule has 3 amide bonds. The van der Waals surface area contributed by atoms with E-state index in [1.54, 1.807) is 48.5 Å². The van der Waals surface area contributed by atoms with Crippen LogP contribution in [0.15, 0.2) is 48.5 Å². The fourth-order valence-corrected chi connectivity index (χ4v) is 2.37. The standard InChI is InChI=1S/C21H25N3O5/c1-3-22-20(26)14-29-18-11-7-16(8-12-18)24-19(25)13-23-21(27)15-5-9-17(10-6-15)28-4-2/h5-12H,3-4,13-14H2,1-2H3,(H,22,26)(H,23,27)(H,24,25). The Morgan fingerprint density at radius 1 is 0.793 bits per heavy atom. The number of hydrogen-bond donors (Lipinski definition) is 3. The van der Waals surface area contributed by atoms with Crippen LogP contribution in [0, 0.1) is 0 Å². The Kier molecular flexibility index (Phi) is 8.50. The topological polar surface area (TPSA) is 106 Å². The van der Waals surface area contributed by atoms with Crippen LogP contribution in [-0.4, -0.2) is 44.0 Å². The van der Waals surface area contributed by atoms with Gasteiger partial charge in [0.2, 0.25) is 5.91 Å². The summed E-state index contributed by atoms with van der Waals surface area (Å²) >= 11 is 0. The fraction of sp³-hybridized carbons (Fsp3) is 0.286. The van der Waals surface area contributed by atoms with Gasteiger partial charge in [0.05, 0.1) is 13.2 Å². The van der Waals surface area contributed by atoms with Crippen LogP contribution in [0.25, 0.3) is 0 Å². The molecule has 8 nitrogen and oxygen atoms in total. The van der Waals surface area contributed by atoms with Gasteiger partial charge in [-0.1, -0.05) is 0 Å². The molecular weight excluding hydrogens is 374 g/mol. The van der Waals surface area contributed by atoms with Gasteiger partial charge in [0, 0.05) is 17.8 Å². The Morgan fingerprint density at radius 3 is 2.03 bits per heavy atom. The third kappa shape index (κ3) is 7.53. The number of anilines is 1. The SMILES string of the molecule is CCNC(=O)COc1ccc(NC(=O)CNC(=O)c2ccc(OCC)cc2)cc1. The number of likely N-dealkylation sites (N-methyl/N-ethyl adjacent to an activating group) is 1. The van der Waals surface area contributed by atoms with E-state index in [0.29, 0.717) is 35.9 Å². The van der Waals surface area contributed by atoms with Gasteiger partial charge in [-0.2, -0.15) is 0 Å². The zero-order chi connectivity index (χ0) is 21.1.